The van der Waals surface area contributed by atoms with E-state index in [1.54, 1.807) is 25.6 Å². The fourth-order valence-corrected chi connectivity index (χ4v) is 2.88. The molecule has 0 saturated heterocycles. The van der Waals surface area contributed by atoms with Crippen LogP contribution in [-0.4, -0.2) is 44.8 Å². The minimum atomic E-state index is -0.131. The molecule has 4 aromatic rings. The van der Waals surface area contributed by atoms with Gasteiger partial charge in [0, 0.05) is 38.2 Å². The number of ether oxygens (including phenoxy) is 1. The van der Waals surface area contributed by atoms with Gasteiger partial charge in [-0.05, 0) is 24.3 Å². The molecule has 1 N–H and O–H groups in total. The summed E-state index contributed by atoms with van der Waals surface area (Å²) in [6.07, 6.45) is 4.33. The minimum Gasteiger partial charge on any atom is -0.496 e. The molecule has 0 spiro atoms. The molecule has 0 saturated carbocycles. The molecule has 4 rings (SSSR count). The van der Waals surface area contributed by atoms with Crippen molar-refractivity contribution in [2.24, 2.45) is 0 Å². The highest BCUT2D eigenvalue weighted by Gasteiger charge is 2.14. The number of aromatic nitrogens is 5. The molecule has 3 heterocycles. The third kappa shape index (κ3) is 5.10. The maximum atomic E-state index is 12.1. The SMILES string of the molecule is COc1ccccc1-c1noc(CCC(=O)NCCc2noc(-c3cccnc3)n2)n1. The smallest absolute Gasteiger partial charge is 0.259 e. The van der Waals surface area contributed by atoms with Crippen LogP contribution in [0.15, 0.2) is 57.8 Å². The van der Waals surface area contributed by atoms with E-state index in [9.17, 15) is 4.79 Å². The van der Waals surface area contributed by atoms with Gasteiger partial charge in [-0.2, -0.15) is 9.97 Å². The molecule has 0 aliphatic heterocycles. The van der Waals surface area contributed by atoms with Crippen molar-refractivity contribution in [1.29, 1.82) is 0 Å². The molecule has 158 valence electrons. The molecule has 0 bridgehead atoms. The zero-order valence-electron chi connectivity index (χ0n) is 16.8. The number of para-hydroxylation sites is 1. The van der Waals surface area contributed by atoms with Gasteiger partial charge in [0.15, 0.2) is 5.82 Å². The zero-order chi connectivity index (χ0) is 21.5. The number of methoxy groups -OCH3 is 1. The van der Waals surface area contributed by atoms with Gasteiger partial charge in [-0.25, -0.2) is 0 Å². The lowest BCUT2D eigenvalue weighted by Crippen LogP contribution is -2.26. The van der Waals surface area contributed by atoms with Crippen LogP contribution in [0.2, 0.25) is 0 Å². The summed E-state index contributed by atoms with van der Waals surface area (Å²) < 4.78 is 15.8. The van der Waals surface area contributed by atoms with Crippen LogP contribution in [0.1, 0.15) is 18.1 Å². The molecule has 0 unspecified atom stereocenters. The third-order valence-corrected chi connectivity index (χ3v) is 4.43. The fourth-order valence-electron chi connectivity index (χ4n) is 2.88. The molecule has 31 heavy (non-hydrogen) atoms. The summed E-state index contributed by atoms with van der Waals surface area (Å²) in [5.41, 5.74) is 1.48. The Hall–Kier alpha value is -4.08. The van der Waals surface area contributed by atoms with Crippen LogP contribution in [0, 0.1) is 0 Å². The zero-order valence-corrected chi connectivity index (χ0v) is 16.8. The number of pyridine rings is 1. The van der Waals surface area contributed by atoms with Crippen LogP contribution in [0.4, 0.5) is 0 Å². The predicted octanol–water partition coefficient (Wildman–Crippen LogP) is 2.48. The Balaban J connectivity index is 1.23. The van der Waals surface area contributed by atoms with E-state index in [0.717, 1.165) is 11.1 Å². The largest absolute Gasteiger partial charge is 0.496 e. The molecular formula is C21H20N6O4. The van der Waals surface area contributed by atoms with Crippen molar-refractivity contribution in [1.82, 2.24) is 30.6 Å². The summed E-state index contributed by atoms with van der Waals surface area (Å²) in [4.78, 5) is 24.8. The van der Waals surface area contributed by atoms with Gasteiger partial charge in [-0.3, -0.25) is 9.78 Å². The molecular weight excluding hydrogens is 400 g/mol. The lowest BCUT2D eigenvalue weighted by molar-refractivity contribution is -0.121. The molecule has 0 aliphatic rings. The first-order valence-electron chi connectivity index (χ1n) is 9.68. The summed E-state index contributed by atoms with van der Waals surface area (Å²) in [6, 6.07) is 11.0. The molecule has 1 amide bonds. The molecule has 0 radical (unpaired) electrons. The number of hydrogen-bond donors (Lipinski definition) is 1. The predicted molar refractivity (Wildman–Crippen MR) is 109 cm³/mol. The van der Waals surface area contributed by atoms with Crippen LogP contribution >= 0.6 is 0 Å². The molecule has 3 aromatic heterocycles. The van der Waals surface area contributed by atoms with E-state index < -0.39 is 0 Å². The Morgan fingerprint density at radius 2 is 1.97 bits per heavy atom. The summed E-state index contributed by atoms with van der Waals surface area (Å²) >= 11 is 0. The van der Waals surface area contributed by atoms with Gasteiger partial charge in [-0.1, -0.05) is 22.4 Å². The first-order valence-corrected chi connectivity index (χ1v) is 9.68. The Kier molecular flexibility index (Phi) is 6.26. The number of carbonyl (C=O) groups excluding carboxylic acids is 1. The van der Waals surface area contributed by atoms with Crippen molar-refractivity contribution in [3.63, 3.8) is 0 Å². The summed E-state index contributed by atoms with van der Waals surface area (Å²) in [5, 5.41) is 10.7. The molecule has 0 atom stereocenters. The van der Waals surface area contributed by atoms with Crippen molar-refractivity contribution >= 4 is 5.91 Å². The van der Waals surface area contributed by atoms with E-state index in [2.05, 4.69) is 30.6 Å². The first-order chi connectivity index (χ1) is 15.2. The van der Waals surface area contributed by atoms with Gasteiger partial charge in [-0.15, -0.1) is 0 Å². The lowest BCUT2D eigenvalue weighted by Gasteiger charge is -2.03. The minimum absolute atomic E-state index is 0.131. The Morgan fingerprint density at radius 1 is 1.06 bits per heavy atom. The van der Waals surface area contributed by atoms with Crippen LogP contribution in [0.3, 0.4) is 0 Å². The average molecular weight is 420 g/mol. The maximum Gasteiger partial charge on any atom is 0.259 e. The summed E-state index contributed by atoms with van der Waals surface area (Å²) in [6.45, 7) is 0.390. The fraction of sp³-hybridized carbons (Fsp3) is 0.238. The van der Waals surface area contributed by atoms with E-state index in [1.165, 1.54) is 0 Å². The van der Waals surface area contributed by atoms with Crippen LogP contribution in [0.25, 0.3) is 22.8 Å². The number of benzene rings is 1. The standard InChI is InChI=1S/C21H20N6O4/c1-29-16-7-3-2-6-15(16)20-25-19(30-27-20)9-8-18(28)23-12-10-17-24-21(31-26-17)14-5-4-11-22-13-14/h2-7,11,13H,8-10,12H2,1H3,(H,23,28). The Bertz CT molecular complexity index is 1140. The van der Waals surface area contributed by atoms with Crippen molar-refractivity contribution < 1.29 is 18.6 Å². The third-order valence-electron chi connectivity index (χ3n) is 4.43. The second-order valence-electron chi connectivity index (χ2n) is 6.57. The number of carbonyl (C=O) groups is 1. The number of aryl methyl sites for hydroxylation is 1. The second-order valence-corrected chi connectivity index (χ2v) is 6.57. The topological polar surface area (TPSA) is 129 Å². The Labute approximate surface area is 177 Å². The number of rotatable bonds is 9. The van der Waals surface area contributed by atoms with Crippen LogP contribution < -0.4 is 10.1 Å². The quantitative estimate of drug-likeness (QED) is 0.434. The van der Waals surface area contributed by atoms with Crippen molar-refractivity contribution in [2.45, 2.75) is 19.3 Å². The van der Waals surface area contributed by atoms with Gasteiger partial charge >= 0.3 is 0 Å². The monoisotopic (exact) mass is 420 g/mol. The van der Waals surface area contributed by atoms with Gasteiger partial charge in [0.2, 0.25) is 17.6 Å². The molecule has 0 fully saturated rings. The number of hydrogen-bond acceptors (Lipinski definition) is 9. The summed E-state index contributed by atoms with van der Waals surface area (Å²) in [7, 11) is 1.58. The van der Waals surface area contributed by atoms with E-state index in [1.807, 2.05) is 30.3 Å². The highest BCUT2D eigenvalue weighted by molar-refractivity contribution is 5.76. The van der Waals surface area contributed by atoms with Crippen LogP contribution in [-0.2, 0) is 17.6 Å². The van der Waals surface area contributed by atoms with E-state index in [0.29, 0.717) is 48.6 Å². The highest BCUT2D eigenvalue weighted by Crippen LogP contribution is 2.27. The molecule has 10 heteroatoms. The maximum absolute atomic E-state index is 12.1. The molecule has 1 aromatic carbocycles. The molecule has 10 nitrogen and oxygen atoms in total. The van der Waals surface area contributed by atoms with Crippen LogP contribution in [0.5, 0.6) is 5.75 Å². The number of nitrogens with one attached hydrogen (secondary N) is 1. The van der Waals surface area contributed by atoms with Gasteiger partial charge in [0.25, 0.3) is 5.89 Å². The van der Waals surface area contributed by atoms with Gasteiger partial charge < -0.3 is 19.1 Å². The van der Waals surface area contributed by atoms with E-state index in [-0.39, 0.29) is 12.3 Å². The van der Waals surface area contributed by atoms with E-state index >= 15 is 0 Å². The van der Waals surface area contributed by atoms with Gasteiger partial charge in [0.05, 0.1) is 18.2 Å². The van der Waals surface area contributed by atoms with Crippen molar-refractivity contribution in [3.05, 3.63) is 60.5 Å². The number of nitrogens with zero attached hydrogens (tertiary/aromatic N) is 5. The van der Waals surface area contributed by atoms with Crippen molar-refractivity contribution in [3.8, 4) is 28.6 Å². The van der Waals surface area contributed by atoms with Gasteiger partial charge in [0.1, 0.15) is 5.75 Å². The number of amides is 1. The molecule has 0 aliphatic carbocycles. The average Bonchev–Trinajstić information content (AvgIpc) is 3.48. The highest BCUT2D eigenvalue weighted by atomic mass is 16.5. The lowest BCUT2D eigenvalue weighted by atomic mass is 10.2. The second kappa shape index (κ2) is 9.61. The summed E-state index contributed by atoms with van der Waals surface area (Å²) in [5.74, 6) is 2.24. The van der Waals surface area contributed by atoms with E-state index in [4.69, 9.17) is 13.8 Å². The first kappa shape index (κ1) is 20.2. The normalized spacial score (nSPS) is 10.7. The Morgan fingerprint density at radius 3 is 2.81 bits per heavy atom. The van der Waals surface area contributed by atoms with Crippen molar-refractivity contribution in [2.75, 3.05) is 13.7 Å².